The Morgan fingerprint density at radius 3 is 2.53 bits per heavy atom. The van der Waals surface area contributed by atoms with E-state index in [1.807, 2.05) is 30.3 Å². The number of carbonyl (C=O) groups excluding carboxylic acids is 1. The van der Waals surface area contributed by atoms with Crippen LogP contribution in [0.1, 0.15) is 27.9 Å². The fourth-order valence-corrected chi connectivity index (χ4v) is 3.14. The van der Waals surface area contributed by atoms with Gasteiger partial charge in [-0.05, 0) is 48.0 Å². The Balaban J connectivity index is 1.62. The second-order valence-corrected chi connectivity index (χ2v) is 7.13. The summed E-state index contributed by atoms with van der Waals surface area (Å²) < 4.78 is 19.0. The number of nitrogens with zero attached hydrogens (tertiary/aromatic N) is 2. The molecule has 4 aromatic rings. The number of amides is 1. The molecule has 0 radical (unpaired) electrons. The topological polar surface area (TPSA) is 68.0 Å². The van der Waals surface area contributed by atoms with E-state index in [2.05, 4.69) is 15.5 Å². The van der Waals surface area contributed by atoms with Crippen LogP contribution in [0.15, 0.2) is 83.4 Å². The molecule has 1 N–H and O–H groups in total. The van der Waals surface area contributed by atoms with Crippen LogP contribution in [0, 0.1) is 5.82 Å². The van der Waals surface area contributed by atoms with Gasteiger partial charge in [-0.2, -0.15) is 4.98 Å². The van der Waals surface area contributed by atoms with E-state index in [9.17, 15) is 9.18 Å². The van der Waals surface area contributed by atoms with Crippen molar-refractivity contribution in [2.75, 3.05) is 0 Å². The van der Waals surface area contributed by atoms with E-state index < -0.39 is 17.8 Å². The van der Waals surface area contributed by atoms with Crippen LogP contribution in [0.3, 0.4) is 0 Å². The molecule has 0 aliphatic heterocycles. The molecule has 0 saturated heterocycles. The Bertz CT molecular complexity index is 1150. The monoisotopic (exact) mass is 421 g/mol. The first-order chi connectivity index (χ1) is 14.6. The molecular formula is C23H17ClFN3O2. The molecular weight excluding hydrogens is 405 g/mol. The Kier molecular flexibility index (Phi) is 5.86. The number of aromatic nitrogens is 2. The van der Waals surface area contributed by atoms with E-state index in [4.69, 9.17) is 16.1 Å². The first kappa shape index (κ1) is 19.8. The molecule has 1 amide bonds. The molecule has 1 aromatic heterocycles. The summed E-state index contributed by atoms with van der Waals surface area (Å²) in [5.41, 5.74) is 1.93. The molecule has 150 valence electrons. The largest absolute Gasteiger partial charge is 0.340 e. The summed E-state index contributed by atoms with van der Waals surface area (Å²) in [7, 11) is 0. The van der Waals surface area contributed by atoms with E-state index in [0.717, 1.165) is 11.1 Å². The molecule has 3 aromatic carbocycles. The van der Waals surface area contributed by atoms with Gasteiger partial charge in [0.15, 0.2) is 0 Å². The maximum Gasteiger partial charge on any atom is 0.252 e. The number of hydrogen-bond acceptors (Lipinski definition) is 4. The predicted octanol–water partition coefficient (Wildman–Crippen LogP) is 5.24. The molecule has 0 aliphatic rings. The van der Waals surface area contributed by atoms with Gasteiger partial charge in [0, 0.05) is 22.6 Å². The third kappa shape index (κ3) is 4.72. The molecule has 0 saturated carbocycles. The van der Waals surface area contributed by atoms with Crippen LogP contribution >= 0.6 is 11.6 Å². The van der Waals surface area contributed by atoms with Gasteiger partial charge in [0.05, 0.1) is 0 Å². The van der Waals surface area contributed by atoms with Gasteiger partial charge in [-0.3, -0.25) is 4.79 Å². The molecule has 0 spiro atoms. The van der Waals surface area contributed by atoms with Gasteiger partial charge in [0.1, 0.15) is 11.9 Å². The van der Waals surface area contributed by atoms with Crippen molar-refractivity contribution in [1.29, 1.82) is 0 Å². The number of benzene rings is 3. The van der Waals surface area contributed by atoms with Crippen molar-refractivity contribution in [3.8, 4) is 11.4 Å². The van der Waals surface area contributed by atoms with Crippen LogP contribution < -0.4 is 5.32 Å². The minimum Gasteiger partial charge on any atom is -0.340 e. The standard InChI is InChI=1S/C23H17ClFN3O2/c24-18-11-9-16(10-12-18)21-27-23(30-28-21)20(13-15-5-2-1-3-6-15)26-22(29)17-7-4-8-19(25)14-17/h1-12,14,20H,13H2,(H,26,29)/t20-/m0/s1. The fraction of sp³-hybridized carbons (Fsp3) is 0.0870. The third-order valence-corrected chi connectivity index (χ3v) is 4.77. The highest BCUT2D eigenvalue weighted by molar-refractivity contribution is 6.30. The lowest BCUT2D eigenvalue weighted by Gasteiger charge is -2.15. The number of nitrogens with one attached hydrogen (secondary N) is 1. The summed E-state index contributed by atoms with van der Waals surface area (Å²) in [6, 6.07) is 21.6. The summed E-state index contributed by atoms with van der Waals surface area (Å²) in [6.45, 7) is 0. The minimum atomic E-state index is -0.586. The van der Waals surface area contributed by atoms with E-state index in [1.54, 1.807) is 30.3 Å². The van der Waals surface area contributed by atoms with E-state index in [1.165, 1.54) is 18.2 Å². The fourth-order valence-electron chi connectivity index (χ4n) is 3.01. The summed E-state index contributed by atoms with van der Waals surface area (Å²) in [6.07, 6.45) is 0.435. The van der Waals surface area contributed by atoms with Gasteiger partial charge < -0.3 is 9.84 Å². The van der Waals surface area contributed by atoms with Crippen molar-refractivity contribution in [3.63, 3.8) is 0 Å². The number of halogens is 2. The summed E-state index contributed by atoms with van der Waals surface area (Å²) >= 11 is 5.93. The van der Waals surface area contributed by atoms with Gasteiger partial charge in [-0.25, -0.2) is 4.39 Å². The van der Waals surface area contributed by atoms with Crippen LogP contribution in [-0.4, -0.2) is 16.0 Å². The predicted molar refractivity (Wildman–Crippen MR) is 111 cm³/mol. The Morgan fingerprint density at radius 1 is 1.03 bits per heavy atom. The zero-order valence-electron chi connectivity index (χ0n) is 15.8. The molecule has 30 heavy (non-hydrogen) atoms. The molecule has 1 atom stereocenters. The average molecular weight is 422 g/mol. The maximum absolute atomic E-state index is 13.5. The summed E-state index contributed by atoms with van der Waals surface area (Å²) in [5.74, 6) is -0.264. The molecule has 0 bridgehead atoms. The molecule has 0 fully saturated rings. The van der Waals surface area contributed by atoms with Crippen LogP contribution in [0.25, 0.3) is 11.4 Å². The zero-order chi connectivity index (χ0) is 20.9. The van der Waals surface area contributed by atoms with Crippen LogP contribution in [-0.2, 0) is 6.42 Å². The smallest absolute Gasteiger partial charge is 0.252 e. The molecule has 4 rings (SSSR count). The zero-order valence-corrected chi connectivity index (χ0v) is 16.5. The first-order valence-electron chi connectivity index (χ1n) is 9.28. The molecule has 1 heterocycles. The van der Waals surface area contributed by atoms with Crippen molar-refractivity contribution in [2.45, 2.75) is 12.5 Å². The number of hydrogen-bond donors (Lipinski definition) is 1. The highest BCUT2D eigenvalue weighted by Gasteiger charge is 2.23. The van der Waals surface area contributed by atoms with Crippen molar-refractivity contribution in [3.05, 3.63) is 107 Å². The van der Waals surface area contributed by atoms with Crippen LogP contribution in [0.4, 0.5) is 4.39 Å². The van der Waals surface area contributed by atoms with Crippen molar-refractivity contribution >= 4 is 17.5 Å². The number of carbonyl (C=O) groups is 1. The van der Waals surface area contributed by atoms with Gasteiger partial charge >= 0.3 is 0 Å². The number of rotatable bonds is 6. The lowest BCUT2D eigenvalue weighted by atomic mass is 10.1. The van der Waals surface area contributed by atoms with Crippen molar-refractivity contribution in [2.24, 2.45) is 0 Å². The second kappa shape index (κ2) is 8.88. The highest BCUT2D eigenvalue weighted by Crippen LogP contribution is 2.23. The first-order valence-corrected chi connectivity index (χ1v) is 9.66. The Morgan fingerprint density at radius 2 is 1.80 bits per heavy atom. The van der Waals surface area contributed by atoms with Crippen molar-refractivity contribution < 1.29 is 13.7 Å². The molecule has 0 aliphatic carbocycles. The van der Waals surface area contributed by atoms with E-state index in [0.29, 0.717) is 17.3 Å². The highest BCUT2D eigenvalue weighted by atomic mass is 35.5. The Labute approximate surface area is 177 Å². The lowest BCUT2D eigenvalue weighted by molar-refractivity contribution is 0.0927. The van der Waals surface area contributed by atoms with Gasteiger partial charge in [-0.1, -0.05) is 53.2 Å². The van der Waals surface area contributed by atoms with Crippen molar-refractivity contribution in [1.82, 2.24) is 15.5 Å². The molecule has 7 heteroatoms. The average Bonchev–Trinajstić information content (AvgIpc) is 3.25. The second-order valence-electron chi connectivity index (χ2n) is 6.69. The minimum absolute atomic E-state index is 0.213. The summed E-state index contributed by atoms with van der Waals surface area (Å²) in [5, 5.41) is 7.51. The molecule has 0 unspecified atom stereocenters. The quantitative estimate of drug-likeness (QED) is 0.462. The SMILES string of the molecule is O=C(N[C@@H](Cc1ccccc1)c1nc(-c2ccc(Cl)cc2)no1)c1cccc(F)c1. The summed E-state index contributed by atoms with van der Waals surface area (Å²) in [4.78, 5) is 17.2. The lowest BCUT2D eigenvalue weighted by Crippen LogP contribution is -2.30. The van der Waals surface area contributed by atoms with Crippen LogP contribution in [0.5, 0.6) is 0 Å². The van der Waals surface area contributed by atoms with Crippen LogP contribution in [0.2, 0.25) is 5.02 Å². The maximum atomic E-state index is 13.5. The normalized spacial score (nSPS) is 11.8. The molecule has 5 nitrogen and oxygen atoms in total. The van der Waals surface area contributed by atoms with E-state index >= 15 is 0 Å². The Hall–Kier alpha value is -3.51. The third-order valence-electron chi connectivity index (χ3n) is 4.52. The van der Waals surface area contributed by atoms with E-state index in [-0.39, 0.29) is 11.5 Å². The van der Waals surface area contributed by atoms with Gasteiger partial charge in [0.25, 0.3) is 5.91 Å². The van der Waals surface area contributed by atoms with Gasteiger partial charge in [0.2, 0.25) is 11.7 Å². The van der Waals surface area contributed by atoms with Gasteiger partial charge in [-0.15, -0.1) is 0 Å².